The zero-order valence-electron chi connectivity index (χ0n) is 17.4. The second-order valence-electron chi connectivity index (χ2n) is 7.46. The molecule has 3 rings (SSSR count). The molecule has 3 heteroatoms. The summed E-state index contributed by atoms with van der Waals surface area (Å²) in [6.07, 6.45) is 8.68. The summed E-state index contributed by atoms with van der Waals surface area (Å²) in [5.41, 5.74) is 7.23. The molecule has 0 aliphatic carbocycles. The average molecular weight is 494 g/mol. The standard InChI is InChI=1S/C26H27IN2/c1-28(2)25-13-9-20(10-14-25)5-7-22-17-23(19-24(27)18-22)8-6-21-11-15-26(16-12-21)29(3)4/h5-19H,1-4H3/b7-5+,8-6+. The van der Waals surface area contributed by atoms with Crippen LogP contribution < -0.4 is 9.80 Å². The Morgan fingerprint density at radius 2 is 0.862 bits per heavy atom. The number of nitrogens with zero attached hydrogens (tertiary/aromatic N) is 2. The molecule has 0 saturated heterocycles. The summed E-state index contributed by atoms with van der Waals surface area (Å²) in [7, 11) is 8.23. The van der Waals surface area contributed by atoms with E-state index in [1.54, 1.807) is 0 Å². The summed E-state index contributed by atoms with van der Waals surface area (Å²) in [4.78, 5) is 4.22. The molecule has 0 heterocycles. The topological polar surface area (TPSA) is 6.48 Å². The van der Waals surface area contributed by atoms with Crippen molar-refractivity contribution in [1.29, 1.82) is 0 Å². The minimum Gasteiger partial charge on any atom is -0.378 e. The molecular formula is C26H27IN2. The summed E-state index contributed by atoms with van der Waals surface area (Å²) in [6.45, 7) is 0. The van der Waals surface area contributed by atoms with E-state index in [1.165, 1.54) is 37.2 Å². The van der Waals surface area contributed by atoms with Gasteiger partial charge in [-0.05, 0) is 87.3 Å². The summed E-state index contributed by atoms with van der Waals surface area (Å²) in [5, 5.41) is 0. The number of rotatable bonds is 6. The molecule has 0 saturated carbocycles. The van der Waals surface area contributed by atoms with Crippen LogP contribution in [0.1, 0.15) is 22.3 Å². The molecule has 0 aromatic heterocycles. The fraction of sp³-hybridized carbons (Fsp3) is 0.154. The summed E-state index contributed by atoms with van der Waals surface area (Å²) in [6, 6.07) is 23.8. The van der Waals surface area contributed by atoms with E-state index in [-0.39, 0.29) is 0 Å². The molecule has 3 aromatic carbocycles. The first-order chi connectivity index (χ1) is 13.9. The molecule has 0 aliphatic heterocycles. The number of halogens is 1. The number of benzene rings is 3. The van der Waals surface area contributed by atoms with E-state index < -0.39 is 0 Å². The van der Waals surface area contributed by atoms with E-state index in [1.807, 2.05) is 0 Å². The van der Waals surface area contributed by atoms with Crippen LogP contribution in [0.5, 0.6) is 0 Å². The predicted octanol–water partition coefficient (Wildman–Crippen LogP) is 6.76. The Morgan fingerprint density at radius 1 is 0.517 bits per heavy atom. The molecule has 148 valence electrons. The largest absolute Gasteiger partial charge is 0.378 e. The third-order valence-corrected chi connectivity index (χ3v) is 5.32. The van der Waals surface area contributed by atoms with Crippen molar-refractivity contribution in [3.8, 4) is 0 Å². The first kappa shape index (κ1) is 21.2. The SMILES string of the molecule is CN(C)c1ccc(/C=C/c2cc(I)cc(/C=C/c3ccc(N(C)C)cc3)c2)cc1. The number of hydrogen-bond acceptors (Lipinski definition) is 2. The lowest BCUT2D eigenvalue weighted by Crippen LogP contribution is -2.07. The molecule has 0 unspecified atom stereocenters. The van der Waals surface area contributed by atoms with Gasteiger partial charge < -0.3 is 9.80 Å². The van der Waals surface area contributed by atoms with Crippen molar-refractivity contribution in [2.24, 2.45) is 0 Å². The van der Waals surface area contributed by atoms with Crippen LogP contribution >= 0.6 is 22.6 Å². The lowest BCUT2D eigenvalue weighted by molar-refractivity contribution is 1.13. The van der Waals surface area contributed by atoms with Crippen molar-refractivity contribution in [3.63, 3.8) is 0 Å². The predicted molar refractivity (Wildman–Crippen MR) is 139 cm³/mol. The minimum absolute atomic E-state index is 1.20. The first-order valence-corrected chi connectivity index (χ1v) is 10.7. The maximum absolute atomic E-state index is 2.38. The van der Waals surface area contributed by atoms with E-state index in [2.05, 4.69) is 152 Å². The third kappa shape index (κ3) is 6.23. The second kappa shape index (κ2) is 9.79. The fourth-order valence-corrected chi connectivity index (χ4v) is 3.70. The molecule has 0 bridgehead atoms. The van der Waals surface area contributed by atoms with Crippen LogP contribution in [0.3, 0.4) is 0 Å². The van der Waals surface area contributed by atoms with Crippen LogP contribution in [0.4, 0.5) is 11.4 Å². The van der Waals surface area contributed by atoms with Crippen LogP contribution in [0, 0.1) is 3.57 Å². The van der Waals surface area contributed by atoms with Crippen molar-refractivity contribution in [1.82, 2.24) is 0 Å². The van der Waals surface area contributed by atoms with Crippen LogP contribution in [0.25, 0.3) is 24.3 Å². The Morgan fingerprint density at radius 3 is 1.21 bits per heavy atom. The third-order valence-electron chi connectivity index (χ3n) is 4.70. The van der Waals surface area contributed by atoms with Gasteiger partial charge in [0, 0.05) is 43.1 Å². The van der Waals surface area contributed by atoms with Gasteiger partial charge in [-0.15, -0.1) is 0 Å². The quantitative estimate of drug-likeness (QED) is 0.276. The Kier molecular flexibility index (Phi) is 7.15. The molecule has 0 atom stereocenters. The van der Waals surface area contributed by atoms with Gasteiger partial charge in [-0.25, -0.2) is 0 Å². The highest BCUT2D eigenvalue weighted by Crippen LogP contribution is 2.20. The van der Waals surface area contributed by atoms with E-state index in [0.717, 1.165) is 0 Å². The van der Waals surface area contributed by atoms with Crippen molar-refractivity contribution in [3.05, 3.63) is 92.6 Å². The number of hydrogen-bond donors (Lipinski definition) is 0. The lowest BCUT2D eigenvalue weighted by Gasteiger charge is -2.11. The monoisotopic (exact) mass is 494 g/mol. The van der Waals surface area contributed by atoms with Crippen LogP contribution in [0.15, 0.2) is 66.7 Å². The summed E-state index contributed by atoms with van der Waals surface area (Å²) >= 11 is 2.38. The molecule has 0 amide bonds. The molecule has 29 heavy (non-hydrogen) atoms. The zero-order valence-corrected chi connectivity index (χ0v) is 19.6. The smallest absolute Gasteiger partial charge is 0.0361 e. The van der Waals surface area contributed by atoms with Gasteiger partial charge in [0.05, 0.1) is 0 Å². The summed E-state index contributed by atoms with van der Waals surface area (Å²) < 4.78 is 1.23. The number of anilines is 2. The van der Waals surface area contributed by atoms with E-state index in [9.17, 15) is 0 Å². The van der Waals surface area contributed by atoms with E-state index in [4.69, 9.17) is 0 Å². The highest BCUT2D eigenvalue weighted by atomic mass is 127. The van der Waals surface area contributed by atoms with Gasteiger partial charge in [0.2, 0.25) is 0 Å². The molecule has 2 nitrogen and oxygen atoms in total. The average Bonchev–Trinajstić information content (AvgIpc) is 2.71. The Labute approximate surface area is 188 Å². The Balaban J connectivity index is 1.75. The van der Waals surface area contributed by atoms with Gasteiger partial charge >= 0.3 is 0 Å². The van der Waals surface area contributed by atoms with Gasteiger partial charge in [0.25, 0.3) is 0 Å². The maximum Gasteiger partial charge on any atom is 0.0361 e. The summed E-state index contributed by atoms with van der Waals surface area (Å²) in [5.74, 6) is 0. The highest BCUT2D eigenvalue weighted by Gasteiger charge is 1.98. The van der Waals surface area contributed by atoms with Crippen molar-refractivity contribution < 1.29 is 0 Å². The van der Waals surface area contributed by atoms with Crippen LogP contribution in [-0.2, 0) is 0 Å². The van der Waals surface area contributed by atoms with Gasteiger partial charge in [0.1, 0.15) is 0 Å². The van der Waals surface area contributed by atoms with Gasteiger partial charge in [-0.3, -0.25) is 0 Å². The van der Waals surface area contributed by atoms with Crippen LogP contribution in [-0.4, -0.2) is 28.2 Å². The van der Waals surface area contributed by atoms with Crippen molar-refractivity contribution in [2.75, 3.05) is 38.0 Å². The lowest BCUT2D eigenvalue weighted by atomic mass is 10.1. The Bertz CT molecular complexity index is 918. The van der Waals surface area contributed by atoms with Crippen molar-refractivity contribution in [2.45, 2.75) is 0 Å². The molecule has 0 fully saturated rings. The second-order valence-corrected chi connectivity index (χ2v) is 8.70. The maximum atomic E-state index is 2.38. The molecule has 0 aliphatic rings. The van der Waals surface area contributed by atoms with E-state index >= 15 is 0 Å². The first-order valence-electron chi connectivity index (χ1n) is 9.62. The van der Waals surface area contributed by atoms with Crippen molar-refractivity contribution >= 4 is 58.3 Å². The highest BCUT2D eigenvalue weighted by molar-refractivity contribution is 14.1. The van der Waals surface area contributed by atoms with E-state index in [0.29, 0.717) is 0 Å². The fourth-order valence-electron chi connectivity index (χ4n) is 2.98. The molecule has 3 aromatic rings. The normalized spacial score (nSPS) is 11.3. The van der Waals surface area contributed by atoms with Gasteiger partial charge in [-0.2, -0.15) is 0 Å². The molecule has 0 radical (unpaired) electrons. The minimum atomic E-state index is 1.20. The Hall–Kier alpha value is -2.53. The van der Waals surface area contributed by atoms with Gasteiger partial charge in [-0.1, -0.05) is 48.6 Å². The van der Waals surface area contributed by atoms with Crippen LogP contribution in [0.2, 0.25) is 0 Å². The molecular weight excluding hydrogens is 467 g/mol. The molecule has 0 spiro atoms. The zero-order chi connectivity index (χ0) is 20.8. The van der Waals surface area contributed by atoms with Gasteiger partial charge in [0.15, 0.2) is 0 Å². The molecule has 0 N–H and O–H groups in total.